The first-order valence-electron chi connectivity index (χ1n) is 11.4. The quantitative estimate of drug-likeness (QED) is 0.591. The van der Waals surface area contributed by atoms with Crippen LogP contribution in [-0.2, 0) is 21.9 Å². The molecule has 0 N–H and O–H groups in total. The van der Waals surface area contributed by atoms with E-state index < -0.39 is 10.0 Å². The number of ether oxygens (including phenoxy) is 2. The van der Waals surface area contributed by atoms with E-state index in [2.05, 4.69) is 4.98 Å². The summed E-state index contributed by atoms with van der Waals surface area (Å²) in [6, 6.07) is 14.8. The second-order valence-electron chi connectivity index (χ2n) is 8.96. The first kappa shape index (κ1) is 20.6. The van der Waals surface area contributed by atoms with E-state index in [0.717, 1.165) is 42.5 Å². The summed E-state index contributed by atoms with van der Waals surface area (Å²) >= 11 is 0. The molecule has 0 radical (unpaired) electrons. The normalized spacial score (nSPS) is 22.3. The van der Waals surface area contributed by atoms with Gasteiger partial charge in [-0.2, -0.15) is 4.31 Å². The molecule has 1 aliphatic carbocycles. The number of benzene rings is 2. The van der Waals surface area contributed by atoms with E-state index in [1.165, 1.54) is 0 Å². The average molecular weight is 464 g/mol. The molecule has 0 saturated carbocycles. The van der Waals surface area contributed by atoms with Crippen molar-refractivity contribution in [2.24, 2.45) is 0 Å². The minimum Gasteiger partial charge on any atom is -0.486 e. The minimum atomic E-state index is -3.67. The lowest BCUT2D eigenvalue weighted by molar-refractivity contribution is 0.171. The Morgan fingerprint density at radius 1 is 0.970 bits per heavy atom. The van der Waals surface area contributed by atoms with Gasteiger partial charge in [0.1, 0.15) is 13.2 Å². The number of hydrogen-bond acceptors (Lipinski definition) is 6. The molecule has 6 rings (SSSR count). The number of aromatic nitrogens is 2. The van der Waals surface area contributed by atoms with E-state index in [0.29, 0.717) is 43.6 Å². The fraction of sp³-hybridized carbons (Fsp3) is 0.360. The number of fused-ring (bicyclic) bond motifs is 3. The average Bonchev–Trinajstić information content (AvgIpc) is 3.21. The number of rotatable bonds is 3. The van der Waals surface area contributed by atoms with Gasteiger partial charge in [-0.05, 0) is 43.4 Å². The highest BCUT2D eigenvalue weighted by molar-refractivity contribution is 7.89. The third-order valence-corrected chi connectivity index (χ3v) is 8.81. The number of nitrogens with zero attached hydrogens (tertiary/aromatic N) is 3. The van der Waals surface area contributed by atoms with Crippen LogP contribution < -0.4 is 9.47 Å². The maximum absolute atomic E-state index is 13.6. The Balaban J connectivity index is 1.34. The first-order chi connectivity index (χ1) is 16.1. The molecule has 1 atom stereocenters. The summed E-state index contributed by atoms with van der Waals surface area (Å²) in [4.78, 5) is 9.81. The second-order valence-corrected chi connectivity index (χ2v) is 10.9. The van der Waals surface area contributed by atoms with Gasteiger partial charge in [0, 0.05) is 36.3 Å². The Bertz CT molecular complexity index is 1310. The van der Waals surface area contributed by atoms with Crippen LogP contribution in [0.4, 0.5) is 0 Å². The van der Waals surface area contributed by atoms with Crippen LogP contribution in [0.15, 0.2) is 59.6 Å². The van der Waals surface area contributed by atoms with Crippen LogP contribution in [0.5, 0.6) is 11.5 Å². The second kappa shape index (κ2) is 7.81. The van der Waals surface area contributed by atoms with Gasteiger partial charge >= 0.3 is 0 Å². The van der Waals surface area contributed by atoms with Gasteiger partial charge in [0.15, 0.2) is 17.3 Å². The van der Waals surface area contributed by atoms with Gasteiger partial charge < -0.3 is 9.47 Å². The molecule has 1 unspecified atom stereocenters. The molecule has 3 aliphatic rings. The van der Waals surface area contributed by atoms with Crippen LogP contribution in [-0.4, -0.2) is 49.0 Å². The molecule has 3 aromatic rings. The molecule has 8 heteroatoms. The van der Waals surface area contributed by atoms with Crippen LogP contribution >= 0.6 is 0 Å². The number of aryl methyl sites for hydroxylation is 1. The van der Waals surface area contributed by atoms with Crippen molar-refractivity contribution in [1.29, 1.82) is 0 Å². The lowest BCUT2D eigenvalue weighted by atomic mass is 9.78. The Morgan fingerprint density at radius 2 is 1.79 bits per heavy atom. The first-order valence-corrected chi connectivity index (χ1v) is 12.8. The number of sulfonamides is 1. The molecule has 1 spiro atoms. The molecule has 0 amide bonds. The maximum Gasteiger partial charge on any atom is 0.243 e. The van der Waals surface area contributed by atoms with Gasteiger partial charge in [0.25, 0.3) is 0 Å². The van der Waals surface area contributed by atoms with Crippen molar-refractivity contribution in [3.8, 4) is 22.9 Å². The topological polar surface area (TPSA) is 81.6 Å². The molecule has 3 heterocycles. The van der Waals surface area contributed by atoms with Gasteiger partial charge in [0.05, 0.1) is 10.6 Å². The van der Waals surface area contributed by atoms with Crippen LogP contribution in [0.1, 0.15) is 30.5 Å². The highest BCUT2D eigenvalue weighted by Crippen LogP contribution is 2.45. The van der Waals surface area contributed by atoms with E-state index in [-0.39, 0.29) is 10.3 Å². The van der Waals surface area contributed by atoms with Gasteiger partial charge in [-0.25, -0.2) is 18.4 Å². The molecule has 1 saturated heterocycles. The van der Waals surface area contributed by atoms with Gasteiger partial charge in [0.2, 0.25) is 10.0 Å². The summed E-state index contributed by atoms with van der Waals surface area (Å²) in [6.07, 6.45) is 5.42. The van der Waals surface area contributed by atoms with E-state index >= 15 is 0 Å². The van der Waals surface area contributed by atoms with Crippen LogP contribution in [0, 0.1) is 0 Å². The van der Waals surface area contributed by atoms with E-state index in [1.54, 1.807) is 22.5 Å². The van der Waals surface area contributed by atoms with Crippen LogP contribution in [0.25, 0.3) is 11.4 Å². The van der Waals surface area contributed by atoms with Crippen molar-refractivity contribution >= 4 is 10.0 Å². The van der Waals surface area contributed by atoms with Gasteiger partial charge in [-0.15, -0.1) is 0 Å². The maximum atomic E-state index is 13.6. The van der Waals surface area contributed by atoms with Crippen LogP contribution in [0.3, 0.4) is 0 Å². The lowest BCUT2D eigenvalue weighted by Gasteiger charge is -2.39. The molecule has 170 valence electrons. The summed E-state index contributed by atoms with van der Waals surface area (Å²) in [7, 11) is -3.67. The Labute approximate surface area is 193 Å². The summed E-state index contributed by atoms with van der Waals surface area (Å²) < 4.78 is 40.0. The summed E-state index contributed by atoms with van der Waals surface area (Å²) in [5, 5.41) is 0. The fourth-order valence-electron chi connectivity index (χ4n) is 5.29. The van der Waals surface area contributed by atoms with Crippen molar-refractivity contribution in [3.05, 3.63) is 66.0 Å². The Kier molecular flexibility index (Phi) is 4.88. The lowest BCUT2D eigenvalue weighted by Crippen LogP contribution is -2.47. The molecule has 2 aliphatic heterocycles. The third-order valence-electron chi connectivity index (χ3n) is 6.97. The summed E-state index contributed by atoms with van der Waals surface area (Å²) in [6.45, 7) is 1.83. The predicted molar refractivity (Wildman–Crippen MR) is 123 cm³/mol. The smallest absolute Gasteiger partial charge is 0.243 e. The van der Waals surface area contributed by atoms with E-state index in [9.17, 15) is 8.42 Å². The van der Waals surface area contributed by atoms with Gasteiger partial charge in [-0.3, -0.25) is 0 Å². The van der Waals surface area contributed by atoms with Crippen LogP contribution in [0.2, 0.25) is 0 Å². The Morgan fingerprint density at radius 3 is 2.64 bits per heavy atom. The largest absolute Gasteiger partial charge is 0.486 e. The standard InChI is InChI=1S/C25H25N3O4S/c29-33(30,20-7-8-21-22(15-20)32-14-13-31-21)28-12-4-10-25(17-28)11-9-19-16-26-24(27-23(19)25)18-5-2-1-3-6-18/h1-3,5-8,15-16H,4,9-14,17H2. The molecular weight excluding hydrogens is 438 g/mol. The molecule has 7 nitrogen and oxygen atoms in total. The van der Waals surface area contributed by atoms with Crippen molar-refractivity contribution in [1.82, 2.24) is 14.3 Å². The van der Waals surface area contributed by atoms with E-state index in [4.69, 9.17) is 14.5 Å². The zero-order valence-electron chi connectivity index (χ0n) is 18.2. The molecule has 33 heavy (non-hydrogen) atoms. The van der Waals surface area contributed by atoms with Crippen molar-refractivity contribution in [2.45, 2.75) is 36.0 Å². The molecule has 2 aromatic carbocycles. The zero-order valence-corrected chi connectivity index (χ0v) is 19.1. The summed E-state index contributed by atoms with van der Waals surface area (Å²) in [5.41, 5.74) is 2.84. The highest BCUT2D eigenvalue weighted by Gasteiger charge is 2.46. The van der Waals surface area contributed by atoms with Crippen molar-refractivity contribution < 1.29 is 17.9 Å². The predicted octanol–water partition coefficient (Wildman–Crippen LogP) is 3.58. The molecular formula is C25H25N3O4S. The van der Waals surface area contributed by atoms with E-state index in [1.807, 2.05) is 36.5 Å². The van der Waals surface area contributed by atoms with Crippen molar-refractivity contribution in [3.63, 3.8) is 0 Å². The molecule has 1 fully saturated rings. The number of hydrogen-bond donors (Lipinski definition) is 0. The van der Waals surface area contributed by atoms with Crippen molar-refractivity contribution in [2.75, 3.05) is 26.3 Å². The molecule has 0 bridgehead atoms. The van der Waals surface area contributed by atoms with Gasteiger partial charge in [-0.1, -0.05) is 30.3 Å². The fourth-order valence-corrected chi connectivity index (χ4v) is 6.87. The SMILES string of the molecule is O=S(=O)(c1ccc2c(c1)OCCO2)N1CCCC2(CCc3cnc(-c4ccccc4)nc32)C1. The molecule has 1 aromatic heterocycles. The monoisotopic (exact) mass is 463 g/mol. The summed E-state index contributed by atoms with van der Waals surface area (Å²) in [5.74, 6) is 1.77. The number of piperidine rings is 1. The third kappa shape index (κ3) is 3.48. The zero-order chi connectivity index (χ0) is 22.5. The Hall–Kier alpha value is -2.97. The highest BCUT2D eigenvalue weighted by atomic mass is 32.2. The minimum absolute atomic E-state index is 0.245.